The first-order chi connectivity index (χ1) is 10.5. The van der Waals surface area contributed by atoms with Gasteiger partial charge in [-0.15, -0.1) is 0 Å². The molecule has 1 aromatic carbocycles. The molecule has 2 fully saturated rings. The molecular weight excluding hydrogens is 303 g/mol. The van der Waals surface area contributed by atoms with E-state index in [4.69, 9.17) is 0 Å². The maximum Gasteiger partial charge on any atom is 0.218 e. The summed E-state index contributed by atoms with van der Waals surface area (Å²) in [5.41, 5.74) is 0.647. The zero-order valence-corrected chi connectivity index (χ0v) is 13.6. The summed E-state index contributed by atoms with van der Waals surface area (Å²) in [5, 5.41) is 0. The highest BCUT2D eigenvalue weighted by molar-refractivity contribution is 7.88. The van der Waals surface area contributed by atoms with Gasteiger partial charge in [-0.25, -0.2) is 12.8 Å². The van der Waals surface area contributed by atoms with Crippen LogP contribution in [-0.2, 0) is 15.8 Å². The number of sulfonamides is 1. The molecule has 0 aliphatic carbocycles. The van der Waals surface area contributed by atoms with E-state index >= 15 is 0 Å². The standard InChI is InChI=1S/C16H23FN2O2S/c17-15-7-5-14(6-8-15)13-22(20,21)19-11-3-4-16(19)12-18-9-1-2-10-18/h5-8,16H,1-4,9-13H2/t16-/m0/s1. The normalized spacial score (nSPS) is 24.1. The molecule has 22 heavy (non-hydrogen) atoms. The quantitative estimate of drug-likeness (QED) is 0.833. The molecule has 3 rings (SSSR count). The molecule has 0 radical (unpaired) electrons. The van der Waals surface area contributed by atoms with Gasteiger partial charge in [0, 0.05) is 19.1 Å². The largest absolute Gasteiger partial charge is 0.302 e. The van der Waals surface area contributed by atoms with Crippen LogP contribution < -0.4 is 0 Å². The molecule has 2 saturated heterocycles. The minimum atomic E-state index is -3.33. The van der Waals surface area contributed by atoms with Crippen LogP contribution in [-0.4, -0.2) is 49.8 Å². The molecule has 0 N–H and O–H groups in total. The lowest BCUT2D eigenvalue weighted by Crippen LogP contribution is -2.42. The van der Waals surface area contributed by atoms with Crippen LogP contribution in [0.1, 0.15) is 31.2 Å². The van der Waals surface area contributed by atoms with E-state index in [1.165, 1.54) is 25.0 Å². The first kappa shape index (κ1) is 15.9. The Morgan fingerprint density at radius 1 is 1.05 bits per heavy atom. The number of benzene rings is 1. The van der Waals surface area contributed by atoms with Gasteiger partial charge >= 0.3 is 0 Å². The summed E-state index contributed by atoms with van der Waals surface area (Å²) in [6.45, 7) is 3.63. The SMILES string of the molecule is O=S(=O)(Cc1ccc(F)cc1)N1CCC[C@H]1CN1CCCC1. The molecule has 4 nitrogen and oxygen atoms in total. The van der Waals surface area contributed by atoms with Crippen LogP contribution in [0.25, 0.3) is 0 Å². The van der Waals surface area contributed by atoms with Crippen LogP contribution in [0, 0.1) is 5.82 Å². The Morgan fingerprint density at radius 3 is 2.41 bits per heavy atom. The van der Waals surface area contributed by atoms with E-state index in [1.54, 1.807) is 16.4 Å². The smallest absolute Gasteiger partial charge is 0.218 e. The Balaban J connectivity index is 1.68. The highest BCUT2D eigenvalue weighted by Crippen LogP contribution is 2.25. The van der Waals surface area contributed by atoms with Gasteiger partial charge in [0.05, 0.1) is 5.75 Å². The first-order valence-corrected chi connectivity index (χ1v) is 9.62. The lowest BCUT2D eigenvalue weighted by Gasteiger charge is -2.27. The Kier molecular flexibility index (Phi) is 4.80. The van der Waals surface area contributed by atoms with Gasteiger partial charge < -0.3 is 4.90 Å². The molecule has 0 unspecified atom stereocenters. The van der Waals surface area contributed by atoms with Crippen molar-refractivity contribution >= 4 is 10.0 Å². The van der Waals surface area contributed by atoms with Gasteiger partial charge in [0.2, 0.25) is 10.0 Å². The van der Waals surface area contributed by atoms with Crippen molar-refractivity contribution in [2.24, 2.45) is 0 Å². The molecule has 1 aromatic rings. The van der Waals surface area contributed by atoms with E-state index in [0.717, 1.165) is 32.5 Å². The Hall–Kier alpha value is -0.980. The monoisotopic (exact) mass is 326 g/mol. The fraction of sp³-hybridized carbons (Fsp3) is 0.625. The topological polar surface area (TPSA) is 40.6 Å². The molecule has 6 heteroatoms. The molecule has 0 aromatic heterocycles. The predicted molar refractivity (Wildman–Crippen MR) is 84.4 cm³/mol. The maximum absolute atomic E-state index is 12.9. The van der Waals surface area contributed by atoms with E-state index in [2.05, 4.69) is 4.90 Å². The van der Waals surface area contributed by atoms with Crippen molar-refractivity contribution in [3.63, 3.8) is 0 Å². The Labute approximate surface area is 132 Å². The number of likely N-dealkylation sites (tertiary alicyclic amines) is 1. The molecule has 1 atom stereocenters. The summed E-state index contributed by atoms with van der Waals surface area (Å²) in [4.78, 5) is 2.37. The zero-order valence-electron chi connectivity index (χ0n) is 12.7. The van der Waals surface area contributed by atoms with E-state index < -0.39 is 10.0 Å². The second-order valence-corrected chi connectivity index (χ2v) is 8.22. The van der Waals surface area contributed by atoms with Gasteiger partial charge in [0.15, 0.2) is 0 Å². The highest BCUT2D eigenvalue weighted by Gasteiger charge is 2.35. The summed E-state index contributed by atoms with van der Waals surface area (Å²) >= 11 is 0. The van der Waals surface area contributed by atoms with Crippen LogP contribution in [0.5, 0.6) is 0 Å². The van der Waals surface area contributed by atoms with Crippen molar-refractivity contribution in [2.45, 2.75) is 37.5 Å². The molecule has 2 heterocycles. The van der Waals surface area contributed by atoms with Crippen LogP contribution in [0.3, 0.4) is 0 Å². The fourth-order valence-corrected chi connectivity index (χ4v) is 5.31. The van der Waals surface area contributed by atoms with Crippen LogP contribution in [0.2, 0.25) is 0 Å². The minimum absolute atomic E-state index is 0.0379. The second kappa shape index (κ2) is 6.64. The van der Waals surface area contributed by atoms with Crippen molar-refractivity contribution in [3.8, 4) is 0 Å². The number of rotatable bonds is 5. The van der Waals surface area contributed by atoms with Crippen molar-refractivity contribution < 1.29 is 12.8 Å². The fourth-order valence-electron chi connectivity index (χ4n) is 3.50. The van der Waals surface area contributed by atoms with Crippen LogP contribution >= 0.6 is 0 Å². The number of hydrogen-bond acceptors (Lipinski definition) is 3. The summed E-state index contributed by atoms with van der Waals surface area (Å²) in [6.07, 6.45) is 4.31. The number of halogens is 1. The van der Waals surface area contributed by atoms with Crippen molar-refractivity contribution in [1.82, 2.24) is 9.21 Å². The molecule has 0 bridgehead atoms. The molecular formula is C16H23FN2O2S. The van der Waals surface area contributed by atoms with E-state index in [9.17, 15) is 12.8 Å². The summed E-state index contributed by atoms with van der Waals surface area (Å²) in [6, 6.07) is 5.84. The predicted octanol–water partition coefficient (Wildman–Crippen LogP) is 2.22. The summed E-state index contributed by atoms with van der Waals surface area (Å²) in [5.74, 6) is -0.377. The third kappa shape index (κ3) is 3.67. The van der Waals surface area contributed by atoms with Gasteiger partial charge in [0.1, 0.15) is 5.82 Å². The third-order valence-corrected chi connectivity index (χ3v) is 6.50. The molecule has 0 saturated carbocycles. The third-order valence-electron chi connectivity index (χ3n) is 4.61. The number of nitrogens with zero attached hydrogens (tertiary/aromatic N) is 2. The van der Waals surface area contributed by atoms with Crippen LogP contribution in [0.15, 0.2) is 24.3 Å². The Bertz CT molecular complexity index is 597. The highest BCUT2D eigenvalue weighted by atomic mass is 32.2. The van der Waals surface area contributed by atoms with Gasteiger partial charge in [-0.3, -0.25) is 0 Å². The van der Waals surface area contributed by atoms with Crippen molar-refractivity contribution in [3.05, 3.63) is 35.6 Å². The van der Waals surface area contributed by atoms with Crippen molar-refractivity contribution in [2.75, 3.05) is 26.2 Å². The van der Waals surface area contributed by atoms with E-state index in [0.29, 0.717) is 12.1 Å². The molecule has 2 aliphatic heterocycles. The lowest BCUT2D eigenvalue weighted by atomic mass is 10.2. The van der Waals surface area contributed by atoms with Gasteiger partial charge in [-0.2, -0.15) is 4.31 Å². The minimum Gasteiger partial charge on any atom is -0.302 e. The van der Waals surface area contributed by atoms with E-state index in [-0.39, 0.29) is 17.6 Å². The summed E-state index contributed by atoms with van der Waals surface area (Å²) < 4.78 is 40.0. The average Bonchev–Trinajstić information content (AvgIpc) is 3.13. The van der Waals surface area contributed by atoms with Gasteiger partial charge in [-0.05, 0) is 56.5 Å². The van der Waals surface area contributed by atoms with Gasteiger partial charge in [0.25, 0.3) is 0 Å². The van der Waals surface area contributed by atoms with Crippen molar-refractivity contribution in [1.29, 1.82) is 0 Å². The van der Waals surface area contributed by atoms with Gasteiger partial charge in [-0.1, -0.05) is 12.1 Å². The number of hydrogen-bond donors (Lipinski definition) is 0. The summed E-state index contributed by atoms with van der Waals surface area (Å²) in [7, 11) is -3.33. The Morgan fingerprint density at radius 2 is 1.73 bits per heavy atom. The molecule has 122 valence electrons. The molecule has 2 aliphatic rings. The van der Waals surface area contributed by atoms with Crippen LogP contribution in [0.4, 0.5) is 4.39 Å². The zero-order chi connectivity index (χ0) is 15.6. The second-order valence-electron chi connectivity index (χ2n) is 6.30. The molecule has 0 amide bonds. The van der Waals surface area contributed by atoms with E-state index in [1.807, 2.05) is 0 Å². The average molecular weight is 326 g/mol. The molecule has 0 spiro atoms. The first-order valence-electron chi connectivity index (χ1n) is 8.01. The lowest BCUT2D eigenvalue weighted by molar-refractivity contribution is 0.257. The maximum atomic E-state index is 12.9.